The van der Waals surface area contributed by atoms with Gasteiger partial charge in [-0.3, -0.25) is 24.1 Å². The van der Waals surface area contributed by atoms with Crippen molar-refractivity contribution in [1.82, 2.24) is 0 Å². The van der Waals surface area contributed by atoms with E-state index < -0.39 is 0 Å². The van der Waals surface area contributed by atoms with Crippen molar-refractivity contribution in [1.29, 1.82) is 0 Å². The largest absolute Gasteiger partial charge is 0.322 e. The summed E-state index contributed by atoms with van der Waals surface area (Å²) in [5.41, 5.74) is 2.10. The maximum absolute atomic E-state index is 13.2. The predicted molar refractivity (Wildman–Crippen MR) is 118 cm³/mol. The van der Waals surface area contributed by atoms with Gasteiger partial charge in [0.05, 0.1) is 17.5 Å². The average molecular weight is 426 g/mol. The summed E-state index contributed by atoms with van der Waals surface area (Å²) in [6.45, 7) is 1.49. The zero-order valence-electron chi connectivity index (χ0n) is 17.5. The van der Waals surface area contributed by atoms with Gasteiger partial charge < -0.3 is 5.32 Å². The quantitative estimate of drug-likeness (QED) is 0.459. The van der Waals surface area contributed by atoms with Gasteiger partial charge in [-0.25, -0.2) is 0 Å². The first-order chi connectivity index (χ1) is 15.4. The molecule has 0 spiro atoms. The van der Waals surface area contributed by atoms with Gasteiger partial charge in [0.15, 0.2) is 5.78 Å². The lowest BCUT2D eigenvalue weighted by atomic mass is 9.63. The Morgan fingerprint density at radius 1 is 0.812 bits per heavy atom. The van der Waals surface area contributed by atoms with Crippen LogP contribution in [0.2, 0.25) is 0 Å². The van der Waals surface area contributed by atoms with E-state index >= 15 is 0 Å². The lowest BCUT2D eigenvalue weighted by molar-refractivity contribution is -0.124. The van der Waals surface area contributed by atoms with Gasteiger partial charge >= 0.3 is 0 Å². The second-order valence-corrected chi connectivity index (χ2v) is 9.30. The molecule has 2 saturated carbocycles. The molecule has 6 nitrogen and oxygen atoms in total. The molecule has 1 heterocycles. The van der Waals surface area contributed by atoms with Gasteiger partial charge in [0.1, 0.15) is 0 Å². The molecular weight excluding hydrogens is 404 g/mol. The Labute approximate surface area is 185 Å². The number of amides is 3. The Hall–Kier alpha value is -3.54. The van der Waals surface area contributed by atoms with Crippen molar-refractivity contribution in [2.75, 3.05) is 10.2 Å². The molecule has 3 amide bonds. The average Bonchev–Trinajstić information content (AvgIpc) is 3.58. The predicted octanol–water partition coefficient (Wildman–Crippen LogP) is 3.70. The molecule has 0 unspecified atom stereocenters. The van der Waals surface area contributed by atoms with Gasteiger partial charge in [-0.2, -0.15) is 0 Å². The Balaban J connectivity index is 1.19. The number of anilines is 2. The lowest BCUT2D eigenvalue weighted by Gasteiger charge is -2.37. The molecule has 5 aliphatic rings. The van der Waals surface area contributed by atoms with Crippen molar-refractivity contribution in [3.8, 4) is 0 Å². The third-order valence-electron chi connectivity index (χ3n) is 7.60. The maximum atomic E-state index is 13.2. The Morgan fingerprint density at radius 3 is 1.88 bits per heavy atom. The molecular formula is C26H22N2O4. The van der Waals surface area contributed by atoms with Crippen molar-refractivity contribution >= 4 is 34.9 Å². The van der Waals surface area contributed by atoms with Gasteiger partial charge in [0, 0.05) is 16.8 Å². The summed E-state index contributed by atoms with van der Waals surface area (Å²) in [6, 6.07) is 13.3. The number of allylic oxidation sites excluding steroid dienone is 2. The summed E-state index contributed by atoms with van der Waals surface area (Å²) in [6.07, 6.45) is 5.45. The molecule has 160 valence electrons. The fourth-order valence-electron chi connectivity index (χ4n) is 5.96. The Morgan fingerprint density at radius 2 is 1.34 bits per heavy atom. The van der Waals surface area contributed by atoms with Gasteiger partial charge in [-0.1, -0.05) is 12.2 Å². The van der Waals surface area contributed by atoms with E-state index in [2.05, 4.69) is 17.5 Å². The number of hydrogen-bond acceptors (Lipinski definition) is 4. The van der Waals surface area contributed by atoms with Crippen LogP contribution in [0.3, 0.4) is 0 Å². The summed E-state index contributed by atoms with van der Waals surface area (Å²) in [7, 11) is 0. The molecule has 2 aromatic carbocycles. The second kappa shape index (κ2) is 6.73. The molecule has 7 rings (SSSR count). The molecule has 1 aliphatic heterocycles. The monoisotopic (exact) mass is 426 g/mol. The fourth-order valence-corrected chi connectivity index (χ4v) is 5.96. The van der Waals surface area contributed by atoms with Crippen LogP contribution < -0.4 is 10.2 Å². The molecule has 32 heavy (non-hydrogen) atoms. The van der Waals surface area contributed by atoms with Crippen LogP contribution in [-0.4, -0.2) is 23.5 Å². The molecule has 1 N–H and O–H groups in total. The summed E-state index contributed by atoms with van der Waals surface area (Å²) >= 11 is 0. The molecule has 0 radical (unpaired) electrons. The summed E-state index contributed by atoms with van der Waals surface area (Å²) in [5.74, 6) is 0.500. The SMILES string of the molecule is CC(=O)c1ccc(NC(=O)c2ccc(N3C(=O)[C@@H]4[C@@H]5C=C[C@H]([C@H]6C[C@H]56)[C@@H]4C3=O)cc2)cc1. The number of Topliss-reactive ketones (excluding diaryl/α,β-unsaturated/α-hetero) is 1. The molecule has 6 heteroatoms. The van der Waals surface area contributed by atoms with Crippen molar-refractivity contribution in [3.05, 3.63) is 71.8 Å². The van der Waals surface area contributed by atoms with E-state index in [-0.39, 0.29) is 47.2 Å². The van der Waals surface area contributed by atoms with E-state index in [0.717, 1.165) is 6.42 Å². The van der Waals surface area contributed by atoms with Crippen LogP contribution in [0.5, 0.6) is 0 Å². The van der Waals surface area contributed by atoms with E-state index in [1.807, 2.05) is 0 Å². The number of hydrogen-bond donors (Lipinski definition) is 1. The fraction of sp³-hybridized carbons (Fsp3) is 0.308. The Bertz CT molecular complexity index is 1160. The van der Waals surface area contributed by atoms with Gasteiger partial charge in [0.25, 0.3) is 5.91 Å². The van der Waals surface area contributed by atoms with E-state index in [9.17, 15) is 19.2 Å². The van der Waals surface area contributed by atoms with Crippen molar-refractivity contribution in [3.63, 3.8) is 0 Å². The second-order valence-electron chi connectivity index (χ2n) is 9.30. The van der Waals surface area contributed by atoms with Crippen LogP contribution in [-0.2, 0) is 9.59 Å². The summed E-state index contributed by atoms with van der Waals surface area (Å²) in [4.78, 5) is 51.7. The topological polar surface area (TPSA) is 83.6 Å². The highest BCUT2D eigenvalue weighted by Gasteiger charge is 2.67. The summed E-state index contributed by atoms with van der Waals surface area (Å²) in [5, 5.41) is 2.80. The smallest absolute Gasteiger partial charge is 0.255 e. The van der Waals surface area contributed by atoms with Crippen LogP contribution in [0.25, 0.3) is 0 Å². The number of imide groups is 1. The highest BCUT2D eigenvalue weighted by atomic mass is 16.2. The molecule has 2 bridgehead atoms. The zero-order valence-corrected chi connectivity index (χ0v) is 17.5. The molecule has 0 aromatic heterocycles. The maximum Gasteiger partial charge on any atom is 0.255 e. The number of nitrogens with zero attached hydrogens (tertiary/aromatic N) is 1. The first-order valence-corrected chi connectivity index (χ1v) is 11.0. The first kappa shape index (κ1) is 19.2. The first-order valence-electron chi connectivity index (χ1n) is 11.0. The van der Waals surface area contributed by atoms with Crippen LogP contribution >= 0.6 is 0 Å². The lowest BCUT2D eigenvalue weighted by Crippen LogP contribution is -2.40. The minimum atomic E-state index is -0.304. The van der Waals surface area contributed by atoms with Crippen molar-refractivity contribution < 1.29 is 19.2 Å². The third kappa shape index (κ3) is 2.72. The zero-order chi connectivity index (χ0) is 22.1. The normalized spacial score (nSPS) is 31.3. The minimum absolute atomic E-state index is 0.0369. The molecule has 1 saturated heterocycles. The third-order valence-corrected chi connectivity index (χ3v) is 7.60. The number of rotatable bonds is 4. The van der Waals surface area contributed by atoms with Crippen molar-refractivity contribution in [2.24, 2.45) is 35.5 Å². The summed E-state index contributed by atoms with van der Waals surface area (Å²) < 4.78 is 0. The van der Waals surface area contributed by atoms with Gasteiger partial charge in [0.2, 0.25) is 11.8 Å². The van der Waals surface area contributed by atoms with Crippen LogP contribution in [0.4, 0.5) is 11.4 Å². The van der Waals surface area contributed by atoms with E-state index in [1.165, 1.54) is 11.8 Å². The van der Waals surface area contributed by atoms with E-state index in [0.29, 0.717) is 34.3 Å². The van der Waals surface area contributed by atoms with Crippen molar-refractivity contribution in [2.45, 2.75) is 13.3 Å². The molecule has 2 aromatic rings. The number of carbonyl (C=O) groups is 4. The van der Waals surface area contributed by atoms with Gasteiger partial charge in [-0.15, -0.1) is 0 Å². The molecule has 6 atom stereocenters. The number of nitrogens with one attached hydrogen (secondary N) is 1. The van der Waals surface area contributed by atoms with E-state index in [4.69, 9.17) is 0 Å². The highest BCUT2D eigenvalue weighted by Crippen LogP contribution is 2.65. The number of ketones is 1. The molecule has 4 aliphatic carbocycles. The van der Waals surface area contributed by atoms with Crippen LogP contribution in [0, 0.1) is 35.5 Å². The number of carbonyl (C=O) groups excluding carboxylic acids is 4. The van der Waals surface area contributed by atoms with Gasteiger partial charge in [-0.05, 0) is 85.5 Å². The standard InChI is InChI=1S/C26H22N2O4/c1-13(29)14-2-6-16(7-3-14)27-24(30)15-4-8-17(9-5-15)28-25(31)22-18-10-11-19(21-12-20(18)21)23(22)26(28)32/h2-11,18-23H,12H2,1H3,(H,27,30)/t18-,19-,20-,21-,22-,23+/m1/s1. The number of benzene rings is 2. The minimum Gasteiger partial charge on any atom is -0.322 e. The van der Waals surface area contributed by atoms with Crippen LogP contribution in [0.15, 0.2) is 60.7 Å². The van der Waals surface area contributed by atoms with E-state index in [1.54, 1.807) is 48.5 Å². The Kier molecular flexibility index (Phi) is 4.03. The van der Waals surface area contributed by atoms with Crippen LogP contribution in [0.1, 0.15) is 34.1 Å². The molecule has 3 fully saturated rings. The highest BCUT2D eigenvalue weighted by molar-refractivity contribution is 6.22.